The van der Waals surface area contributed by atoms with E-state index in [9.17, 15) is 0 Å². The highest BCUT2D eigenvalue weighted by atomic mass is 79.9. The molecule has 0 bridgehead atoms. The van der Waals surface area contributed by atoms with E-state index in [1.54, 1.807) is 12.4 Å². The van der Waals surface area contributed by atoms with Gasteiger partial charge in [-0.1, -0.05) is 0 Å². The van der Waals surface area contributed by atoms with Crippen molar-refractivity contribution in [2.75, 3.05) is 11.9 Å². The van der Waals surface area contributed by atoms with Gasteiger partial charge in [0.2, 0.25) is 0 Å². The Kier molecular flexibility index (Phi) is 3.93. The van der Waals surface area contributed by atoms with Crippen LogP contribution >= 0.6 is 15.9 Å². The summed E-state index contributed by atoms with van der Waals surface area (Å²) in [6.45, 7) is 1.87. The molecule has 1 N–H and O–H groups in total. The summed E-state index contributed by atoms with van der Waals surface area (Å²) in [7, 11) is 0. The molecule has 0 amide bonds. The van der Waals surface area contributed by atoms with Crippen LogP contribution in [0.2, 0.25) is 0 Å². The highest BCUT2D eigenvalue weighted by Crippen LogP contribution is 2.17. The molecule has 84 valence electrons. The van der Waals surface area contributed by atoms with Crippen LogP contribution in [0.3, 0.4) is 0 Å². The molecule has 4 nitrogen and oxygen atoms in total. The highest BCUT2D eigenvalue weighted by Gasteiger charge is 1.98. The fourth-order valence-electron chi connectivity index (χ4n) is 1.40. The molecule has 0 spiro atoms. The second-order valence-electron chi connectivity index (χ2n) is 3.41. The van der Waals surface area contributed by atoms with Gasteiger partial charge in [0.05, 0.1) is 10.8 Å². The first-order valence-electron chi connectivity index (χ1n) is 5.16. The molecule has 0 fully saturated rings. The molecule has 0 saturated heterocycles. The SMILES string of the molecule is Brc1cccnc1NCCCn1ccnc1. The van der Waals surface area contributed by atoms with E-state index in [4.69, 9.17) is 0 Å². The van der Waals surface area contributed by atoms with E-state index in [1.165, 1.54) is 0 Å². The number of pyridine rings is 1. The summed E-state index contributed by atoms with van der Waals surface area (Å²) in [5.41, 5.74) is 0. The number of imidazole rings is 1. The van der Waals surface area contributed by atoms with Gasteiger partial charge in [-0.3, -0.25) is 0 Å². The number of aryl methyl sites for hydroxylation is 1. The lowest BCUT2D eigenvalue weighted by molar-refractivity contribution is 0.660. The van der Waals surface area contributed by atoms with Crippen molar-refractivity contribution in [3.8, 4) is 0 Å². The molecular weight excluding hydrogens is 268 g/mol. The lowest BCUT2D eigenvalue weighted by Crippen LogP contribution is -2.07. The standard InChI is InChI=1S/C11H13BrN4/c12-10-3-1-4-14-11(10)15-5-2-7-16-8-6-13-9-16/h1,3-4,6,8-9H,2,5,7H2,(H,14,15). The molecule has 2 heterocycles. The van der Waals surface area contributed by atoms with Gasteiger partial charge in [-0.25, -0.2) is 9.97 Å². The number of rotatable bonds is 5. The van der Waals surface area contributed by atoms with Crippen molar-refractivity contribution in [2.24, 2.45) is 0 Å². The number of aromatic nitrogens is 3. The van der Waals surface area contributed by atoms with Crippen molar-refractivity contribution in [1.82, 2.24) is 14.5 Å². The summed E-state index contributed by atoms with van der Waals surface area (Å²) in [5, 5.41) is 3.28. The van der Waals surface area contributed by atoms with E-state index in [1.807, 2.05) is 24.7 Å². The van der Waals surface area contributed by atoms with E-state index in [2.05, 4.69) is 35.8 Å². The van der Waals surface area contributed by atoms with Crippen LogP contribution in [0.15, 0.2) is 41.5 Å². The molecule has 2 aromatic heterocycles. The smallest absolute Gasteiger partial charge is 0.140 e. The second-order valence-corrected chi connectivity index (χ2v) is 4.27. The average Bonchev–Trinajstić information content (AvgIpc) is 2.79. The summed E-state index contributed by atoms with van der Waals surface area (Å²) in [6.07, 6.45) is 8.42. The van der Waals surface area contributed by atoms with Crippen molar-refractivity contribution in [3.05, 3.63) is 41.5 Å². The van der Waals surface area contributed by atoms with E-state index in [-0.39, 0.29) is 0 Å². The number of hydrogen-bond acceptors (Lipinski definition) is 3. The summed E-state index contributed by atoms with van der Waals surface area (Å²) in [5.74, 6) is 0.896. The summed E-state index contributed by atoms with van der Waals surface area (Å²) < 4.78 is 3.06. The minimum Gasteiger partial charge on any atom is -0.369 e. The van der Waals surface area contributed by atoms with Crippen LogP contribution in [0.5, 0.6) is 0 Å². The van der Waals surface area contributed by atoms with Gasteiger partial charge in [-0.2, -0.15) is 0 Å². The van der Waals surface area contributed by atoms with Gasteiger partial charge >= 0.3 is 0 Å². The van der Waals surface area contributed by atoms with Crippen molar-refractivity contribution >= 4 is 21.7 Å². The van der Waals surface area contributed by atoms with Crippen LogP contribution in [0.4, 0.5) is 5.82 Å². The minimum absolute atomic E-state index is 0.896. The van der Waals surface area contributed by atoms with Crippen LogP contribution in [0.1, 0.15) is 6.42 Å². The maximum absolute atomic E-state index is 4.24. The average molecular weight is 281 g/mol. The molecule has 0 saturated carbocycles. The minimum atomic E-state index is 0.896. The number of hydrogen-bond donors (Lipinski definition) is 1. The molecule has 2 aromatic rings. The monoisotopic (exact) mass is 280 g/mol. The predicted octanol–water partition coefficient (Wildman–Crippen LogP) is 2.54. The Morgan fingerprint density at radius 2 is 2.31 bits per heavy atom. The zero-order valence-corrected chi connectivity index (χ0v) is 10.4. The molecule has 0 aliphatic carbocycles. The second kappa shape index (κ2) is 5.65. The van der Waals surface area contributed by atoms with E-state index in [0.717, 1.165) is 29.8 Å². The normalized spacial score (nSPS) is 10.3. The quantitative estimate of drug-likeness (QED) is 0.856. The molecule has 16 heavy (non-hydrogen) atoms. The molecule has 2 rings (SSSR count). The Bertz CT molecular complexity index is 427. The summed E-state index contributed by atoms with van der Waals surface area (Å²) >= 11 is 3.45. The number of halogens is 1. The topological polar surface area (TPSA) is 42.7 Å². The molecule has 5 heteroatoms. The molecule has 0 aromatic carbocycles. The Hall–Kier alpha value is -1.36. The Balaban J connectivity index is 1.74. The third-order valence-corrected chi connectivity index (χ3v) is 2.84. The van der Waals surface area contributed by atoms with Gasteiger partial charge in [0.15, 0.2) is 0 Å². The third kappa shape index (κ3) is 3.06. The lowest BCUT2D eigenvalue weighted by atomic mass is 10.4. The highest BCUT2D eigenvalue weighted by molar-refractivity contribution is 9.10. The molecule has 0 aliphatic rings. The van der Waals surface area contributed by atoms with Gasteiger partial charge < -0.3 is 9.88 Å². The van der Waals surface area contributed by atoms with Crippen LogP contribution in [-0.4, -0.2) is 21.1 Å². The van der Waals surface area contributed by atoms with Crippen molar-refractivity contribution in [3.63, 3.8) is 0 Å². The van der Waals surface area contributed by atoms with Gasteiger partial charge in [0.25, 0.3) is 0 Å². The molecule has 0 atom stereocenters. The first-order chi connectivity index (χ1) is 7.86. The molecule has 0 unspecified atom stereocenters. The van der Waals surface area contributed by atoms with Crippen LogP contribution < -0.4 is 5.32 Å². The Morgan fingerprint density at radius 3 is 3.06 bits per heavy atom. The first-order valence-corrected chi connectivity index (χ1v) is 5.96. The maximum Gasteiger partial charge on any atom is 0.140 e. The Labute approximate surface area is 103 Å². The largest absolute Gasteiger partial charge is 0.369 e. The predicted molar refractivity (Wildman–Crippen MR) is 67.3 cm³/mol. The van der Waals surface area contributed by atoms with E-state index >= 15 is 0 Å². The third-order valence-electron chi connectivity index (χ3n) is 2.20. The van der Waals surface area contributed by atoms with Gasteiger partial charge in [0.1, 0.15) is 5.82 Å². The molecule has 0 aliphatic heterocycles. The van der Waals surface area contributed by atoms with Crippen molar-refractivity contribution in [1.29, 1.82) is 0 Å². The summed E-state index contributed by atoms with van der Waals surface area (Å²) in [4.78, 5) is 8.23. The maximum atomic E-state index is 4.24. The fourth-order valence-corrected chi connectivity index (χ4v) is 1.80. The van der Waals surface area contributed by atoms with Gasteiger partial charge in [0, 0.05) is 31.7 Å². The summed E-state index contributed by atoms with van der Waals surface area (Å²) in [6, 6.07) is 3.88. The van der Waals surface area contributed by atoms with E-state index in [0.29, 0.717) is 0 Å². The number of anilines is 1. The van der Waals surface area contributed by atoms with Crippen LogP contribution in [-0.2, 0) is 6.54 Å². The Morgan fingerprint density at radius 1 is 1.38 bits per heavy atom. The lowest BCUT2D eigenvalue weighted by Gasteiger charge is -2.07. The zero-order chi connectivity index (χ0) is 11.2. The zero-order valence-electron chi connectivity index (χ0n) is 8.81. The van der Waals surface area contributed by atoms with Crippen LogP contribution in [0.25, 0.3) is 0 Å². The van der Waals surface area contributed by atoms with Crippen LogP contribution in [0, 0.1) is 0 Å². The van der Waals surface area contributed by atoms with Gasteiger partial charge in [-0.05, 0) is 34.5 Å². The molecular formula is C11H13BrN4. The van der Waals surface area contributed by atoms with E-state index < -0.39 is 0 Å². The van der Waals surface area contributed by atoms with Crippen molar-refractivity contribution in [2.45, 2.75) is 13.0 Å². The fraction of sp³-hybridized carbons (Fsp3) is 0.273. The first kappa shape index (κ1) is 11.1. The number of nitrogens with one attached hydrogen (secondary N) is 1. The van der Waals surface area contributed by atoms with Gasteiger partial charge in [-0.15, -0.1) is 0 Å². The van der Waals surface area contributed by atoms with Crippen molar-refractivity contribution < 1.29 is 0 Å². The number of nitrogens with zero attached hydrogens (tertiary/aromatic N) is 3. The molecule has 0 radical (unpaired) electrons.